The van der Waals surface area contributed by atoms with Gasteiger partial charge in [-0.1, -0.05) is 28.0 Å². The molecule has 1 heterocycles. The van der Waals surface area contributed by atoms with E-state index in [0.717, 1.165) is 16.5 Å². The summed E-state index contributed by atoms with van der Waals surface area (Å²) in [6, 6.07) is 5.56. The summed E-state index contributed by atoms with van der Waals surface area (Å²) in [7, 11) is 0. The third-order valence-electron chi connectivity index (χ3n) is 3.07. The molecule has 0 aliphatic heterocycles. The Balaban J connectivity index is 1.96. The monoisotopic (exact) mass is 339 g/mol. The van der Waals surface area contributed by atoms with E-state index in [2.05, 4.69) is 38.3 Å². The van der Waals surface area contributed by atoms with Crippen molar-refractivity contribution in [3.63, 3.8) is 0 Å². The van der Waals surface area contributed by atoms with Crippen molar-refractivity contribution in [2.45, 2.75) is 32.7 Å². The zero-order valence-electron chi connectivity index (χ0n) is 11.6. The fraction of sp³-hybridized carbons (Fsp3) is 0.429. The second-order valence-corrected chi connectivity index (χ2v) is 5.52. The summed E-state index contributed by atoms with van der Waals surface area (Å²) in [5.41, 5.74) is 0.892. The van der Waals surface area contributed by atoms with Crippen molar-refractivity contribution in [1.82, 2.24) is 15.5 Å². The lowest BCUT2D eigenvalue weighted by Gasteiger charge is -2.18. The van der Waals surface area contributed by atoms with Gasteiger partial charge < -0.3 is 14.9 Å². The Hall–Kier alpha value is -1.40. The summed E-state index contributed by atoms with van der Waals surface area (Å²) in [5, 5.41) is 17.1. The number of nitrogens with one attached hydrogen (secondary N) is 1. The van der Waals surface area contributed by atoms with Crippen LogP contribution in [0.25, 0.3) is 0 Å². The highest BCUT2D eigenvalue weighted by Gasteiger charge is 2.14. The molecule has 1 aromatic carbocycles. The Bertz CT molecular complexity index is 571. The van der Waals surface area contributed by atoms with Crippen LogP contribution in [-0.2, 0) is 6.42 Å². The van der Waals surface area contributed by atoms with Crippen LogP contribution in [0.3, 0.4) is 0 Å². The van der Waals surface area contributed by atoms with Crippen molar-refractivity contribution in [3.05, 3.63) is 40.0 Å². The number of hydrogen-bond donors (Lipinski definition) is 2. The van der Waals surface area contributed by atoms with E-state index in [1.165, 1.54) is 0 Å². The van der Waals surface area contributed by atoms with Crippen LogP contribution in [-0.4, -0.2) is 21.8 Å². The number of nitrogens with zero attached hydrogens (tertiary/aromatic N) is 2. The number of benzene rings is 1. The van der Waals surface area contributed by atoms with E-state index in [-0.39, 0.29) is 6.04 Å². The smallest absolute Gasteiger partial charge is 0.227 e. The molecule has 0 aliphatic carbocycles. The highest BCUT2D eigenvalue weighted by atomic mass is 79.9. The molecule has 0 amide bonds. The molecule has 2 rings (SSSR count). The van der Waals surface area contributed by atoms with E-state index in [4.69, 9.17) is 4.52 Å². The summed E-state index contributed by atoms with van der Waals surface area (Å²) in [5.74, 6) is 1.58. The van der Waals surface area contributed by atoms with Crippen molar-refractivity contribution in [2.75, 3.05) is 6.54 Å². The average molecular weight is 340 g/mol. The summed E-state index contributed by atoms with van der Waals surface area (Å²) in [6.45, 7) is 4.59. The molecule has 0 aliphatic rings. The maximum Gasteiger partial charge on any atom is 0.227 e. The molecule has 1 atom stereocenters. The summed E-state index contributed by atoms with van der Waals surface area (Å²) >= 11 is 3.43. The number of hydrogen-bond acceptors (Lipinski definition) is 5. The molecule has 1 aromatic heterocycles. The molecule has 0 bridgehead atoms. The Morgan fingerprint density at radius 1 is 1.45 bits per heavy atom. The number of aryl methyl sites for hydroxylation is 1. The predicted molar refractivity (Wildman–Crippen MR) is 79.6 cm³/mol. The number of aromatic nitrogens is 2. The second kappa shape index (κ2) is 6.85. The van der Waals surface area contributed by atoms with Crippen LogP contribution >= 0.6 is 15.9 Å². The van der Waals surface area contributed by atoms with Gasteiger partial charge in [0.2, 0.25) is 5.89 Å². The molecule has 2 N–H and O–H groups in total. The van der Waals surface area contributed by atoms with Gasteiger partial charge in [-0.05, 0) is 31.5 Å². The Morgan fingerprint density at radius 2 is 2.25 bits per heavy atom. The van der Waals surface area contributed by atoms with E-state index in [9.17, 15) is 5.11 Å². The minimum Gasteiger partial charge on any atom is -0.508 e. The first-order valence-electron chi connectivity index (χ1n) is 6.61. The number of rotatable bonds is 6. The summed E-state index contributed by atoms with van der Waals surface area (Å²) in [4.78, 5) is 4.16. The normalized spacial score (nSPS) is 12.6. The molecule has 0 unspecified atom stereocenters. The molecular weight excluding hydrogens is 322 g/mol. The van der Waals surface area contributed by atoms with E-state index < -0.39 is 0 Å². The van der Waals surface area contributed by atoms with E-state index in [1.807, 2.05) is 12.1 Å². The SMILES string of the molecule is CC[C@@H](NCCc1nc(C)no1)c1cc(Br)ccc1O. The number of halogens is 1. The van der Waals surface area contributed by atoms with Gasteiger partial charge in [-0.3, -0.25) is 0 Å². The third kappa shape index (κ3) is 3.80. The van der Waals surface area contributed by atoms with Gasteiger partial charge in [-0.25, -0.2) is 0 Å². The molecule has 0 saturated heterocycles. The maximum absolute atomic E-state index is 9.95. The van der Waals surface area contributed by atoms with Crippen molar-refractivity contribution in [2.24, 2.45) is 0 Å². The Labute approximate surface area is 126 Å². The molecule has 2 aromatic rings. The van der Waals surface area contributed by atoms with Gasteiger partial charge in [0, 0.05) is 29.0 Å². The molecule has 6 heteroatoms. The van der Waals surface area contributed by atoms with E-state index in [0.29, 0.717) is 30.4 Å². The summed E-state index contributed by atoms with van der Waals surface area (Å²) < 4.78 is 6.03. The van der Waals surface area contributed by atoms with E-state index >= 15 is 0 Å². The minimum atomic E-state index is 0.0940. The van der Waals surface area contributed by atoms with E-state index in [1.54, 1.807) is 13.0 Å². The zero-order valence-corrected chi connectivity index (χ0v) is 13.1. The third-order valence-corrected chi connectivity index (χ3v) is 3.57. The molecule has 0 fully saturated rings. The molecule has 5 nitrogen and oxygen atoms in total. The zero-order chi connectivity index (χ0) is 14.5. The standard InChI is InChI=1S/C14H18BrN3O2/c1-3-12(11-8-10(15)4-5-13(11)19)16-7-6-14-17-9(2)18-20-14/h4-5,8,12,16,19H,3,6-7H2,1-2H3/t12-/m1/s1. The first-order valence-corrected chi connectivity index (χ1v) is 7.40. The lowest BCUT2D eigenvalue weighted by Crippen LogP contribution is -2.23. The van der Waals surface area contributed by atoms with Crippen LogP contribution in [0, 0.1) is 6.92 Å². The molecule has 0 radical (unpaired) electrons. The predicted octanol–water partition coefficient (Wildman–Crippen LogP) is 3.13. The average Bonchev–Trinajstić information content (AvgIpc) is 2.84. The summed E-state index contributed by atoms with van der Waals surface area (Å²) in [6.07, 6.45) is 1.55. The highest BCUT2D eigenvalue weighted by Crippen LogP contribution is 2.29. The minimum absolute atomic E-state index is 0.0940. The van der Waals surface area contributed by atoms with Crippen molar-refractivity contribution < 1.29 is 9.63 Å². The van der Waals surface area contributed by atoms with Gasteiger partial charge in [-0.15, -0.1) is 0 Å². The van der Waals surface area contributed by atoms with Crippen LogP contribution in [0.5, 0.6) is 5.75 Å². The number of phenols is 1. The van der Waals surface area contributed by atoms with Crippen LogP contribution in [0.2, 0.25) is 0 Å². The fourth-order valence-electron chi connectivity index (χ4n) is 2.07. The molecule has 108 valence electrons. The quantitative estimate of drug-likeness (QED) is 0.845. The lowest BCUT2D eigenvalue weighted by molar-refractivity contribution is 0.367. The van der Waals surface area contributed by atoms with Crippen LogP contribution in [0.4, 0.5) is 0 Å². The largest absolute Gasteiger partial charge is 0.508 e. The maximum atomic E-state index is 9.95. The van der Waals surface area contributed by atoms with Gasteiger partial charge in [0.25, 0.3) is 0 Å². The first-order chi connectivity index (χ1) is 9.60. The Kier molecular flexibility index (Phi) is 5.14. The second-order valence-electron chi connectivity index (χ2n) is 4.60. The van der Waals surface area contributed by atoms with Crippen LogP contribution in [0.1, 0.15) is 36.7 Å². The van der Waals surface area contributed by atoms with Gasteiger partial charge in [0.1, 0.15) is 5.75 Å². The molecule has 0 saturated carbocycles. The van der Waals surface area contributed by atoms with Gasteiger partial charge >= 0.3 is 0 Å². The van der Waals surface area contributed by atoms with Crippen LogP contribution in [0.15, 0.2) is 27.2 Å². The number of phenolic OH excluding ortho intramolecular Hbond substituents is 1. The lowest BCUT2D eigenvalue weighted by atomic mass is 10.0. The van der Waals surface area contributed by atoms with Gasteiger partial charge in [-0.2, -0.15) is 4.98 Å². The Morgan fingerprint density at radius 3 is 2.90 bits per heavy atom. The van der Waals surface area contributed by atoms with Gasteiger partial charge in [0.05, 0.1) is 0 Å². The van der Waals surface area contributed by atoms with Crippen molar-refractivity contribution >= 4 is 15.9 Å². The fourth-order valence-corrected chi connectivity index (χ4v) is 2.45. The first kappa shape index (κ1) is 15.0. The highest BCUT2D eigenvalue weighted by molar-refractivity contribution is 9.10. The molecule has 0 spiro atoms. The number of aromatic hydroxyl groups is 1. The topological polar surface area (TPSA) is 71.2 Å². The molecule has 20 heavy (non-hydrogen) atoms. The van der Waals surface area contributed by atoms with Crippen LogP contribution < -0.4 is 5.32 Å². The van der Waals surface area contributed by atoms with Crippen molar-refractivity contribution in [1.29, 1.82) is 0 Å². The molecular formula is C14H18BrN3O2. The van der Waals surface area contributed by atoms with Gasteiger partial charge in [0.15, 0.2) is 5.82 Å². The van der Waals surface area contributed by atoms with Crippen molar-refractivity contribution in [3.8, 4) is 5.75 Å².